The molecule has 2 heterocycles. The Morgan fingerprint density at radius 1 is 1.07 bits per heavy atom. The molecule has 1 aromatic heterocycles. The second-order valence-electron chi connectivity index (χ2n) is 5.97. The van der Waals surface area contributed by atoms with E-state index >= 15 is 0 Å². The normalized spacial score (nSPS) is 12.3. The first-order chi connectivity index (χ1) is 14.0. The van der Waals surface area contributed by atoms with E-state index in [2.05, 4.69) is 10.5 Å². The third-order valence-corrected chi connectivity index (χ3v) is 4.43. The fourth-order valence-electron chi connectivity index (χ4n) is 2.68. The SMILES string of the molecule is O=C(NN=Cc1ccc(-c2ccc(Cl)c(C(=O)O)c2)o1)c1ccc2c(c1)OCO2. The molecular weight excluding hydrogens is 400 g/mol. The number of carboxylic acids is 1. The molecule has 0 saturated carbocycles. The molecule has 9 heteroatoms. The van der Waals surface area contributed by atoms with Gasteiger partial charge in [-0.15, -0.1) is 0 Å². The van der Waals surface area contributed by atoms with E-state index in [1.165, 1.54) is 18.3 Å². The van der Waals surface area contributed by atoms with Crippen molar-refractivity contribution in [2.24, 2.45) is 5.10 Å². The second kappa shape index (κ2) is 7.69. The number of carbonyl (C=O) groups excluding carboxylic acids is 1. The minimum Gasteiger partial charge on any atom is -0.478 e. The predicted octanol–water partition coefficient (Wildman–Crippen LogP) is 3.79. The van der Waals surface area contributed by atoms with Crippen LogP contribution in [0.25, 0.3) is 11.3 Å². The summed E-state index contributed by atoms with van der Waals surface area (Å²) in [5, 5.41) is 13.2. The van der Waals surface area contributed by atoms with Crippen LogP contribution in [-0.2, 0) is 0 Å². The van der Waals surface area contributed by atoms with E-state index in [-0.39, 0.29) is 17.4 Å². The van der Waals surface area contributed by atoms with E-state index in [1.807, 2.05) is 0 Å². The van der Waals surface area contributed by atoms with Gasteiger partial charge in [0.15, 0.2) is 11.5 Å². The van der Waals surface area contributed by atoms with Gasteiger partial charge in [-0.2, -0.15) is 5.10 Å². The van der Waals surface area contributed by atoms with Crippen molar-refractivity contribution >= 4 is 29.7 Å². The first-order valence-corrected chi connectivity index (χ1v) is 8.75. The number of ether oxygens (including phenoxy) is 2. The molecule has 2 N–H and O–H groups in total. The van der Waals surface area contributed by atoms with Gasteiger partial charge in [0.25, 0.3) is 5.91 Å². The summed E-state index contributed by atoms with van der Waals surface area (Å²) in [6, 6.07) is 12.7. The number of hydrogen-bond donors (Lipinski definition) is 2. The van der Waals surface area contributed by atoms with Gasteiger partial charge in [-0.1, -0.05) is 11.6 Å². The molecule has 8 nitrogen and oxygen atoms in total. The zero-order valence-electron chi connectivity index (χ0n) is 14.7. The summed E-state index contributed by atoms with van der Waals surface area (Å²) >= 11 is 5.88. The molecule has 3 aromatic rings. The lowest BCUT2D eigenvalue weighted by Gasteiger charge is -2.02. The highest BCUT2D eigenvalue weighted by Crippen LogP contribution is 2.32. The number of hydrazone groups is 1. The number of rotatable bonds is 5. The molecule has 0 spiro atoms. The molecule has 1 aliphatic rings. The highest BCUT2D eigenvalue weighted by molar-refractivity contribution is 6.33. The van der Waals surface area contributed by atoms with Crippen molar-refractivity contribution in [3.8, 4) is 22.8 Å². The van der Waals surface area contributed by atoms with Crippen molar-refractivity contribution in [3.05, 3.63) is 70.4 Å². The fraction of sp³-hybridized carbons (Fsp3) is 0.0500. The number of nitrogens with one attached hydrogen (secondary N) is 1. The molecule has 0 unspecified atom stereocenters. The van der Waals surface area contributed by atoms with Crippen LogP contribution in [0.2, 0.25) is 5.02 Å². The molecular formula is C20H13ClN2O6. The third-order valence-electron chi connectivity index (χ3n) is 4.10. The highest BCUT2D eigenvalue weighted by Gasteiger charge is 2.16. The minimum absolute atomic E-state index is 0.0215. The maximum Gasteiger partial charge on any atom is 0.337 e. The molecule has 0 radical (unpaired) electrons. The Morgan fingerprint density at radius 2 is 1.90 bits per heavy atom. The summed E-state index contributed by atoms with van der Waals surface area (Å²) in [4.78, 5) is 23.4. The van der Waals surface area contributed by atoms with Gasteiger partial charge in [-0.05, 0) is 48.5 Å². The van der Waals surface area contributed by atoms with E-state index in [1.54, 1.807) is 36.4 Å². The van der Waals surface area contributed by atoms with Crippen LogP contribution in [0.1, 0.15) is 26.5 Å². The quantitative estimate of drug-likeness (QED) is 0.487. The molecule has 1 amide bonds. The largest absolute Gasteiger partial charge is 0.478 e. The Bertz CT molecular complexity index is 1140. The van der Waals surface area contributed by atoms with Gasteiger partial charge in [-0.3, -0.25) is 4.79 Å². The number of aromatic carboxylic acids is 1. The topological polar surface area (TPSA) is 110 Å². The summed E-state index contributed by atoms with van der Waals surface area (Å²) in [7, 11) is 0. The zero-order chi connectivity index (χ0) is 20.4. The summed E-state index contributed by atoms with van der Waals surface area (Å²) in [5.74, 6) is 0.347. The van der Waals surface area contributed by atoms with Gasteiger partial charge < -0.3 is 19.0 Å². The van der Waals surface area contributed by atoms with E-state index in [9.17, 15) is 9.59 Å². The summed E-state index contributed by atoms with van der Waals surface area (Å²) in [6.07, 6.45) is 1.34. The lowest BCUT2D eigenvalue weighted by atomic mass is 10.1. The second-order valence-corrected chi connectivity index (χ2v) is 6.38. The maximum absolute atomic E-state index is 12.2. The van der Waals surface area contributed by atoms with Crippen LogP contribution in [0.15, 0.2) is 58.0 Å². The van der Waals surface area contributed by atoms with Crippen molar-refractivity contribution in [2.75, 3.05) is 6.79 Å². The van der Waals surface area contributed by atoms with Crippen LogP contribution in [0, 0.1) is 0 Å². The lowest BCUT2D eigenvalue weighted by Crippen LogP contribution is -2.17. The van der Waals surface area contributed by atoms with Gasteiger partial charge in [0.1, 0.15) is 11.5 Å². The smallest absolute Gasteiger partial charge is 0.337 e. The van der Waals surface area contributed by atoms with Crippen molar-refractivity contribution in [1.82, 2.24) is 5.43 Å². The number of carboxylic acid groups (broad SMARTS) is 1. The van der Waals surface area contributed by atoms with Gasteiger partial charge in [-0.25, -0.2) is 10.2 Å². The van der Waals surface area contributed by atoms with Gasteiger partial charge in [0, 0.05) is 11.1 Å². The monoisotopic (exact) mass is 412 g/mol. The number of hydrogen-bond acceptors (Lipinski definition) is 6. The predicted molar refractivity (Wildman–Crippen MR) is 104 cm³/mol. The Morgan fingerprint density at radius 3 is 2.72 bits per heavy atom. The molecule has 4 rings (SSSR count). The summed E-state index contributed by atoms with van der Waals surface area (Å²) in [6.45, 7) is 0.126. The van der Waals surface area contributed by atoms with Crippen LogP contribution in [0.3, 0.4) is 0 Å². The van der Waals surface area contributed by atoms with Gasteiger partial charge in [0.2, 0.25) is 6.79 Å². The van der Waals surface area contributed by atoms with Gasteiger partial charge in [0.05, 0.1) is 16.8 Å². The maximum atomic E-state index is 12.2. The summed E-state index contributed by atoms with van der Waals surface area (Å²) < 4.78 is 16.1. The molecule has 0 aliphatic carbocycles. The van der Waals surface area contributed by atoms with E-state index < -0.39 is 11.9 Å². The van der Waals surface area contributed by atoms with Crippen molar-refractivity contribution < 1.29 is 28.6 Å². The highest BCUT2D eigenvalue weighted by atomic mass is 35.5. The molecule has 1 aliphatic heterocycles. The standard InChI is InChI=1S/C20H13ClN2O6/c21-15-4-1-11(7-14(15)20(25)26)16-6-3-13(29-16)9-22-23-19(24)12-2-5-17-18(8-12)28-10-27-17/h1-9H,10H2,(H,23,24)(H,25,26). The third kappa shape index (κ3) is 3.92. The Kier molecular flexibility index (Phi) is 4.92. The molecule has 29 heavy (non-hydrogen) atoms. The zero-order valence-corrected chi connectivity index (χ0v) is 15.5. The van der Waals surface area contributed by atoms with Gasteiger partial charge >= 0.3 is 5.97 Å². The molecule has 2 aromatic carbocycles. The number of halogens is 1. The van der Waals surface area contributed by atoms with Crippen LogP contribution >= 0.6 is 11.6 Å². The van der Waals surface area contributed by atoms with Crippen molar-refractivity contribution in [2.45, 2.75) is 0 Å². The molecule has 0 bridgehead atoms. The molecule has 146 valence electrons. The Labute approximate surface area is 169 Å². The lowest BCUT2D eigenvalue weighted by molar-refractivity contribution is 0.0697. The van der Waals surface area contributed by atoms with Crippen molar-refractivity contribution in [3.63, 3.8) is 0 Å². The number of benzene rings is 2. The Hall–Kier alpha value is -3.78. The number of amides is 1. The van der Waals surface area contributed by atoms with E-state index in [0.29, 0.717) is 34.1 Å². The molecule has 0 atom stereocenters. The summed E-state index contributed by atoms with van der Waals surface area (Å²) in [5.41, 5.74) is 3.30. The minimum atomic E-state index is -1.13. The number of nitrogens with zero attached hydrogens (tertiary/aromatic N) is 1. The van der Waals surface area contributed by atoms with Crippen LogP contribution in [0.5, 0.6) is 11.5 Å². The first-order valence-electron chi connectivity index (χ1n) is 8.37. The number of fused-ring (bicyclic) bond motifs is 1. The first kappa shape index (κ1) is 18.6. The van der Waals surface area contributed by atoms with Crippen LogP contribution in [0.4, 0.5) is 0 Å². The molecule has 0 fully saturated rings. The van der Waals surface area contributed by atoms with E-state index in [0.717, 1.165) is 0 Å². The Balaban J connectivity index is 1.44. The average molecular weight is 413 g/mol. The number of carbonyl (C=O) groups is 2. The number of furan rings is 1. The van der Waals surface area contributed by atoms with Crippen molar-refractivity contribution in [1.29, 1.82) is 0 Å². The van der Waals surface area contributed by atoms with Crippen LogP contribution < -0.4 is 14.9 Å². The molecule has 0 saturated heterocycles. The van der Waals surface area contributed by atoms with E-state index in [4.69, 9.17) is 30.6 Å². The fourth-order valence-corrected chi connectivity index (χ4v) is 2.88. The van der Waals surface area contributed by atoms with Crippen LogP contribution in [-0.4, -0.2) is 30.0 Å². The average Bonchev–Trinajstić information content (AvgIpc) is 3.36.